The molecule has 1 saturated carbocycles. The van der Waals surface area contributed by atoms with E-state index in [1.165, 1.54) is 12.8 Å². The topological polar surface area (TPSA) is 59.6 Å². The van der Waals surface area contributed by atoms with Crippen molar-refractivity contribution in [3.63, 3.8) is 0 Å². The Kier molecular flexibility index (Phi) is 8.06. The highest BCUT2D eigenvalue weighted by Crippen LogP contribution is 2.29. The summed E-state index contributed by atoms with van der Waals surface area (Å²) in [5, 5.41) is 5.71. The maximum atomic E-state index is 11.6. The number of benzene rings is 1. The van der Waals surface area contributed by atoms with Crippen LogP contribution >= 0.6 is 12.4 Å². The van der Waals surface area contributed by atoms with Gasteiger partial charge in [0.15, 0.2) is 0 Å². The quantitative estimate of drug-likeness (QED) is 0.806. The molecule has 22 heavy (non-hydrogen) atoms. The first-order valence-electron chi connectivity index (χ1n) is 7.48. The highest BCUT2D eigenvalue weighted by molar-refractivity contribution is 5.85. The Hall–Kier alpha value is -1.46. The highest BCUT2D eigenvalue weighted by Gasteiger charge is 2.18. The zero-order valence-electron chi connectivity index (χ0n) is 13.2. The number of amides is 1. The average molecular weight is 329 g/mol. The Labute approximate surface area is 138 Å². The molecule has 0 atom stereocenters. The Morgan fingerprint density at radius 3 is 2.68 bits per heavy atom. The molecule has 0 saturated heterocycles. The van der Waals surface area contributed by atoms with E-state index in [0.29, 0.717) is 13.1 Å². The van der Waals surface area contributed by atoms with Crippen LogP contribution in [0.1, 0.15) is 31.2 Å². The molecule has 2 rings (SSSR count). The van der Waals surface area contributed by atoms with Crippen molar-refractivity contribution in [3.05, 3.63) is 23.8 Å². The lowest BCUT2D eigenvalue weighted by Crippen LogP contribution is -2.31. The van der Waals surface area contributed by atoms with Crippen molar-refractivity contribution in [2.45, 2.75) is 38.3 Å². The van der Waals surface area contributed by atoms with E-state index in [-0.39, 0.29) is 24.4 Å². The number of rotatable bonds is 7. The Bertz CT molecular complexity index is 476. The number of carbonyl (C=O) groups is 1. The summed E-state index contributed by atoms with van der Waals surface area (Å²) in [7, 11) is 3.39. The lowest BCUT2D eigenvalue weighted by atomic mass is 10.1. The van der Waals surface area contributed by atoms with Gasteiger partial charge in [-0.3, -0.25) is 4.79 Å². The van der Waals surface area contributed by atoms with E-state index in [9.17, 15) is 4.79 Å². The Morgan fingerprint density at radius 1 is 1.32 bits per heavy atom. The SMILES string of the molecule is CNCC(=O)NCc1ccc(OC)cc1OC1CCCC1.Cl. The van der Waals surface area contributed by atoms with E-state index >= 15 is 0 Å². The summed E-state index contributed by atoms with van der Waals surface area (Å²) in [6, 6.07) is 5.74. The molecular weight excluding hydrogens is 304 g/mol. The third-order valence-corrected chi connectivity index (χ3v) is 3.68. The van der Waals surface area contributed by atoms with Gasteiger partial charge < -0.3 is 20.1 Å². The van der Waals surface area contributed by atoms with E-state index in [4.69, 9.17) is 9.47 Å². The van der Waals surface area contributed by atoms with E-state index in [0.717, 1.165) is 29.9 Å². The molecule has 1 fully saturated rings. The van der Waals surface area contributed by atoms with Gasteiger partial charge >= 0.3 is 0 Å². The number of halogens is 1. The van der Waals surface area contributed by atoms with E-state index in [2.05, 4.69) is 10.6 Å². The lowest BCUT2D eigenvalue weighted by Gasteiger charge is -2.18. The molecule has 1 amide bonds. The molecule has 1 aromatic rings. The van der Waals surface area contributed by atoms with Crippen LogP contribution < -0.4 is 20.1 Å². The smallest absolute Gasteiger partial charge is 0.234 e. The van der Waals surface area contributed by atoms with Gasteiger partial charge in [-0.1, -0.05) is 0 Å². The van der Waals surface area contributed by atoms with Gasteiger partial charge in [0.1, 0.15) is 11.5 Å². The fourth-order valence-electron chi connectivity index (χ4n) is 2.52. The van der Waals surface area contributed by atoms with Crippen LogP contribution in [0.5, 0.6) is 11.5 Å². The number of methoxy groups -OCH3 is 1. The van der Waals surface area contributed by atoms with Crippen molar-refractivity contribution in [2.24, 2.45) is 0 Å². The second-order valence-corrected chi connectivity index (χ2v) is 5.31. The van der Waals surface area contributed by atoms with Crippen LogP contribution in [0.25, 0.3) is 0 Å². The van der Waals surface area contributed by atoms with Gasteiger partial charge in [-0.05, 0) is 44.9 Å². The van der Waals surface area contributed by atoms with Crippen LogP contribution in [0, 0.1) is 0 Å². The van der Waals surface area contributed by atoms with Crippen molar-refractivity contribution in [3.8, 4) is 11.5 Å². The molecule has 0 aliphatic heterocycles. The van der Waals surface area contributed by atoms with E-state index < -0.39 is 0 Å². The molecule has 1 aliphatic rings. The van der Waals surface area contributed by atoms with E-state index in [1.807, 2.05) is 18.2 Å². The summed E-state index contributed by atoms with van der Waals surface area (Å²) in [4.78, 5) is 11.6. The molecule has 5 nitrogen and oxygen atoms in total. The minimum absolute atomic E-state index is 0. The molecule has 0 radical (unpaired) electrons. The maximum Gasteiger partial charge on any atom is 0.234 e. The molecule has 124 valence electrons. The number of nitrogens with one attached hydrogen (secondary N) is 2. The number of hydrogen-bond acceptors (Lipinski definition) is 4. The maximum absolute atomic E-state index is 11.6. The summed E-state index contributed by atoms with van der Waals surface area (Å²) < 4.78 is 11.4. The van der Waals surface area contributed by atoms with Crippen LogP contribution in [0.2, 0.25) is 0 Å². The molecule has 0 heterocycles. The third kappa shape index (κ3) is 5.39. The molecule has 6 heteroatoms. The van der Waals surface area contributed by atoms with Gasteiger partial charge in [-0.15, -0.1) is 12.4 Å². The molecule has 2 N–H and O–H groups in total. The first kappa shape index (κ1) is 18.6. The molecule has 0 aromatic heterocycles. The summed E-state index contributed by atoms with van der Waals surface area (Å²) in [5.41, 5.74) is 0.979. The Morgan fingerprint density at radius 2 is 2.05 bits per heavy atom. The number of carbonyl (C=O) groups excluding carboxylic acids is 1. The fourth-order valence-corrected chi connectivity index (χ4v) is 2.52. The minimum Gasteiger partial charge on any atom is -0.497 e. The summed E-state index contributed by atoms with van der Waals surface area (Å²) >= 11 is 0. The number of hydrogen-bond donors (Lipinski definition) is 2. The molecule has 0 bridgehead atoms. The van der Waals surface area contributed by atoms with Gasteiger partial charge in [0, 0.05) is 18.2 Å². The van der Waals surface area contributed by atoms with Crippen LogP contribution in [-0.4, -0.2) is 32.7 Å². The molecule has 0 unspecified atom stereocenters. The number of ether oxygens (including phenoxy) is 2. The third-order valence-electron chi connectivity index (χ3n) is 3.68. The lowest BCUT2D eigenvalue weighted by molar-refractivity contribution is -0.120. The zero-order chi connectivity index (χ0) is 15.1. The first-order valence-corrected chi connectivity index (χ1v) is 7.48. The van der Waals surface area contributed by atoms with Crippen molar-refractivity contribution in [1.82, 2.24) is 10.6 Å². The van der Waals surface area contributed by atoms with Gasteiger partial charge in [0.2, 0.25) is 5.91 Å². The standard InChI is InChI=1S/C16H24N2O3.ClH/c1-17-11-16(19)18-10-12-7-8-14(20-2)9-15(12)21-13-5-3-4-6-13;/h7-9,13,17H,3-6,10-11H2,1-2H3,(H,18,19);1H. The summed E-state index contributed by atoms with van der Waals surface area (Å²) in [6.45, 7) is 0.779. The second-order valence-electron chi connectivity index (χ2n) is 5.31. The van der Waals surface area contributed by atoms with Crippen molar-refractivity contribution >= 4 is 18.3 Å². The van der Waals surface area contributed by atoms with Crippen LogP contribution in [0.3, 0.4) is 0 Å². The Balaban J connectivity index is 0.00000242. The van der Waals surface area contributed by atoms with Crippen molar-refractivity contribution in [2.75, 3.05) is 20.7 Å². The highest BCUT2D eigenvalue weighted by atomic mass is 35.5. The average Bonchev–Trinajstić information content (AvgIpc) is 2.99. The summed E-state index contributed by atoms with van der Waals surface area (Å²) in [6.07, 6.45) is 4.93. The molecular formula is C16H25ClN2O3. The van der Waals surface area contributed by atoms with Gasteiger partial charge in [0.05, 0.1) is 19.8 Å². The van der Waals surface area contributed by atoms with Crippen molar-refractivity contribution in [1.29, 1.82) is 0 Å². The summed E-state index contributed by atoms with van der Waals surface area (Å²) in [5.74, 6) is 1.56. The predicted molar refractivity (Wildman–Crippen MR) is 88.9 cm³/mol. The van der Waals surface area contributed by atoms with Gasteiger partial charge in [0.25, 0.3) is 0 Å². The van der Waals surface area contributed by atoms with Crippen LogP contribution in [0.15, 0.2) is 18.2 Å². The minimum atomic E-state index is -0.0277. The normalized spacial score (nSPS) is 14.3. The largest absolute Gasteiger partial charge is 0.497 e. The van der Waals surface area contributed by atoms with Crippen LogP contribution in [0.4, 0.5) is 0 Å². The molecule has 1 aliphatic carbocycles. The van der Waals surface area contributed by atoms with Crippen molar-refractivity contribution < 1.29 is 14.3 Å². The van der Waals surface area contributed by atoms with Gasteiger partial charge in [-0.2, -0.15) is 0 Å². The second kappa shape index (κ2) is 9.54. The molecule has 1 aromatic carbocycles. The molecule has 0 spiro atoms. The van der Waals surface area contributed by atoms with Crippen LogP contribution in [-0.2, 0) is 11.3 Å². The zero-order valence-corrected chi connectivity index (χ0v) is 14.0. The number of likely N-dealkylation sites (N-methyl/N-ethyl adjacent to an activating group) is 1. The monoisotopic (exact) mass is 328 g/mol. The fraction of sp³-hybridized carbons (Fsp3) is 0.562. The first-order chi connectivity index (χ1) is 10.2. The van der Waals surface area contributed by atoms with Gasteiger partial charge in [-0.25, -0.2) is 0 Å². The van der Waals surface area contributed by atoms with E-state index in [1.54, 1.807) is 14.2 Å². The predicted octanol–water partition coefficient (Wildman–Crippen LogP) is 2.27.